The third kappa shape index (κ3) is 2.70. The minimum atomic E-state index is 0.429. The minimum Gasteiger partial charge on any atom is -0.439 e. The van der Waals surface area contributed by atoms with Crippen LogP contribution < -0.4 is 10.5 Å². The normalized spacial score (nSPS) is 11.2. The van der Waals surface area contributed by atoms with E-state index in [-0.39, 0.29) is 0 Å². The fraction of sp³-hybridized carbons (Fsp3) is 0.438. The fourth-order valence-electron chi connectivity index (χ4n) is 2.51. The summed E-state index contributed by atoms with van der Waals surface area (Å²) in [5.41, 5.74) is 10.2. The molecule has 20 heavy (non-hydrogen) atoms. The molecule has 0 spiro atoms. The molecule has 1 aromatic heterocycles. The molecule has 0 fully saturated rings. The lowest BCUT2D eigenvalue weighted by molar-refractivity contribution is 0.425. The van der Waals surface area contributed by atoms with Gasteiger partial charge in [-0.1, -0.05) is 19.9 Å². The number of rotatable bonds is 4. The zero-order valence-corrected chi connectivity index (χ0v) is 12.9. The molecule has 0 saturated carbocycles. The minimum absolute atomic E-state index is 0.429. The first kappa shape index (κ1) is 14.6. The van der Waals surface area contributed by atoms with Crippen LogP contribution in [0.25, 0.3) is 0 Å². The summed E-state index contributed by atoms with van der Waals surface area (Å²) in [6.07, 6.45) is 0. The summed E-state index contributed by atoms with van der Waals surface area (Å²) < 4.78 is 7.73. The molecule has 2 rings (SSSR count). The van der Waals surface area contributed by atoms with Gasteiger partial charge in [0.15, 0.2) is 0 Å². The van der Waals surface area contributed by atoms with Crippen LogP contribution in [0.5, 0.6) is 11.6 Å². The molecule has 0 bridgehead atoms. The van der Waals surface area contributed by atoms with E-state index < -0.39 is 0 Å². The first-order valence-electron chi connectivity index (χ1n) is 6.95. The van der Waals surface area contributed by atoms with E-state index in [4.69, 9.17) is 10.5 Å². The van der Waals surface area contributed by atoms with Gasteiger partial charge in [-0.2, -0.15) is 5.10 Å². The van der Waals surface area contributed by atoms with Crippen LogP contribution in [0.2, 0.25) is 0 Å². The van der Waals surface area contributed by atoms with Gasteiger partial charge in [-0.15, -0.1) is 0 Å². The highest BCUT2D eigenvalue weighted by Gasteiger charge is 2.14. The SMILES string of the molecule is Cc1cc(Oc2c(CN)c(C)nn2C)ccc1C(C)C. The Balaban J connectivity index is 2.33. The van der Waals surface area contributed by atoms with Gasteiger partial charge in [0.1, 0.15) is 5.75 Å². The maximum absolute atomic E-state index is 5.99. The number of nitrogens with zero attached hydrogens (tertiary/aromatic N) is 2. The monoisotopic (exact) mass is 273 g/mol. The smallest absolute Gasteiger partial charge is 0.222 e. The zero-order chi connectivity index (χ0) is 14.9. The Morgan fingerprint density at radius 1 is 1.30 bits per heavy atom. The summed E-state index contributed by atoms with van der Waals surface area (Å²) in [5.74, 6) is 2.06. The van der Waals surface area contributed by atoms with Crippen LogP contribution in [-0.2, 0) is 13.6 Å². The average molecular weight is 273 g/mol. The van der Waals surface area contributed by atoms with Crippen LogP contribution in [-0.4, -0.2) is 9.78 Å². The summed E-state index contributed by atoms with van der Waals surface area (Å²) >= 11 is 0. The second-order valence-electron chi connectivity index (χ2n) is 5.47. The lowest BCUT2D eigenvalue weighted by Crippen LogP contribution is -2.01. The maximum Gasteiger partial charge on any atom is 0.222 e. The van der Waals surface area contributed by atoms with Gasteiger partial charge in [0.25, 0.3) is 0 Å². The average Bonchev–Trinajstić information content (AvgIpc) is 2.63. The highest BCUT2D eigenvalue weighted by atomic mass is 16.5. The molecule has 2 N–H and O–H groups in total. The van der Waals surface area contributed by atoms with Gasteiger partial charge in [-0.25, -0.2) is 4.68 Å². The zero-order valence-electron chi connectivity index (χ0n) is 12.9. The van der Waals surface area contributed by atoms with Crippen molar-refractivity contribution in [2.24, 2.45) is 12.8 Å². The maximum atomic E-state index is 5.99. The van der Waals surface area contributed by atoms with Gasteiger partial charge in [-0.05, 0) is 43.0 Å². The van der Waals surface area contributed by atoms with Crippen molar-refractivity contribution < 1.29 is 4.74 Å². The van der Waals surface area contributed by atoms with Crippen LogP contribution >= 0.6 is 0 Å². The quantitative estimate of drug-likeness (QED) is 0.928. The van der Waals surface area contributed by atoms with Crippen molar-refractivity contribution in [3.63, 3.8) is 0 Å². The van der Waals surface area contributed by atoms with Crippen LogP contribution in [0.4, 0.5) is 0 Å². The van der Waals surface area contributed by atoms with Gasteiger partial charge in [0.2, 0.25) is 5.88 Å². The molecule has 0 radical (unpaired) electrons. The molecule has 2 aromatic rings. The highest BCUT2D eigenvalue weighted by molar-refractivity contribution is 5.40. The molecule has 0 aliphatic carbocycles. The molecule has 1 aromatic carbocycles. The Bertz CT molecular complexity index is 614. The molecule has 108 valence electrons. The largest absolute Gasteiger partial charge is 0.439 e. The van der Waals surface area contributed by atoms with Crippen molar-refractivity contribution in [3.8, 4) is 11.6 Å². The Labute approximate surface area is 120 Å². The highest BCUT2D eigenvalue weighted by Crippen LogP contribution is 2.29. The van der Waals surface area contributed by atoms with Gasteiger partial charge in [-0.3, -0.25) is 0 Å². The molecule has 1 heterocycles. The summed E-state index contributed by atoms with van der Waals surface area (Å²) in [4.78, 5) is 0. The van der Waals surface area contributed by atoms with Crippen molar-refractivity contribution in [3.05, 3.63) is 40.6 Å². The predicted molar refractivity (Wildman–Crippen MR) is 81.2 cm³/mol. The third-order valence-electron chi connectivity index (χ3n) is 3.57. The van der Waals surface area contributed by atoms with Gasteiger partial charge in [0, 0.05) is 13.6 Å². The van der Waals surface area contributed by atoms with Crippen molar-refractivity contribution in [1.29, 1.82) is 0 Å². The molecule has 0 atom stereocenters. The molecule has 0 aliphatic rings. The number of nitrogens with two attached hydrogens (primary N) is 1. The summed E-state index contributed by atoms with van der Waals surface area (Å²) in [6.45, 7) is 8.88. The number of aromatic nitrogens is 2. The van der Waals surface area contributed by atoms with E-state index in [9.17, 15) is 0 Å². The van der Waals surface area contributed by atoms with Crippen molar-refractivity contribution in [1.82, 2.24) is 9.78 Å². The Kier molecular flexibility index (Phi) is 4.14. The standard InChI is InChI=1S/C16H23N3O/c1-10(2)14-7-6-13(8-11(14)3)20-16-15(9-17)12(4)18-19(16)5/h6-8,10H,9,17H2,1-5H3. The number of benzene rings is 1. The number of hydrogen-bond donors (Lipinski definition) is 1. The Morgan fingerprint density at radius 3 is 2.55 bits per heavy atom. The van der Waals surface area contributed by atoms with Gasteiger partial charge in [0.05, 0.1) is 11.3 Å². The number of aryl methyl sites for hydroxylation is 3. The van der Waals surface area contributed by atoms with Gasteiger partial charge >= 0.3 is 0 Å². The topological polar surface area (TPSA) is 53.1 Å². The molecular formula is C16H23N3O. The summed E-state index contributed by atoms with van der Waals surface area (Å²) in [7, 11) is 1.87. The lowest BCUT2D eigenvalue weighted by Gasteiger charge is -2.13. The van der Waals surface area contributed by atoms with Crippen LogP contribution in [0.3, 0.4) is 0 Å². The lowest BCUT2D eigenvalue weighted by atomic mass is 9.98. The molecule has 4 heteroatoms. The third-order valence-corrected chi connectivity index (χ3v) is 3.57. The first-order valence-corrected chi connectivity index (χ1v) is 6.95. The number of hydrogen-bond acceptors (Lipinski definition) is 3. The Morgan fingerprint density at radius 2 is 2.00 bits per heavy atom. The van der Waals surface area contributed by atoms with Crippen LogP contribution in [0.15, 0.2) is 18.2 Å². The Hall–Kier alpha value is -1.81. The predicted octanol–water partition coefficient (Wildman–Crippen LogP) is 3.41. The second kappa shape index (κ2) is 5.67. The first-order chi connectivity index (χ1) is 9.43. The van der Waals surface area contributed by atoms with E-state index in [1.165, 1.54) is 11.1 Å². The second-order valence-corrected chi connectivity index (χ2v) is 5.47. The van der Waals surface area contributed by atoms with Crippen LogP contribution in [0, 0.1) is 13.8 Å². The molecule has 4 nitrogen and oxygen atoms in total. The van der Waals surface area contributed by atoms with Gasteiger partial charge < -0.3 is 10.5 Å². The van der Waals surface area contributed by atoms with Crippen molar-refractivity contribution in [2.75, 3.05) is 0 Å². The van der Waals surface area contributed by atoms with E-state index in [2.05, 4.69) is 38.0 Å². The fourth-order valence-corrected chi connectivity index (χ4v) is 2.51. The van der Waals surface area contributed by atoms with Crippen molar-refractivity contribution in [2.45, 2.75) is 40.2 Å². The summed E-state index contributed by atoms with van der Waals surface area (Å²) in [6, 6.07) is 6.20. The molecule has 0 amide bonds. The van der Waals surface area contributed by atoms with E-state index >= 15 is 0 Å². The van der Waals surface area contributed by atoms with E-state index in [0.717, 1.165) is 22.9 Å². The van der Waals surface area contributed by atoms with E-state index in [0.29, 0.717) is 12.5 Å². The van der Waals surface area contributed by atoms with Crippen molar-refractivity contribution >= 4 is 0 Å². The number of ether oxygens (including phenoxy) is 1. The molecule has 0 saturated heterocycles. The molecule has 0 aliphatic heterocycles. The molecule has 0 unspecified atom stereocenters. The summed E-state index contributed by atoms with van der Waals surface area (Å²) in [5, 5.41) is 4.36. The van der Waals surface area contributed by atoms with E-state index in [1.54, 1.807) is 4.68 Å². The van der Waals surface area contributed by atoms with Crippen LogP contribution in [0.1, 0.15) is 42.1 Å². The molecular weight excluding hydrogens is 250 g/mol. The van der Waals surface area contributed by atoms with E-state index in [1.807, 2.05) is 20.0 Å².